The van der Waals surface area contributed by atoms with E-state index < -0.39 is 15.8 Å². The van der Waals surface area contributed by atoms with E-state index in [2.05, 4.69) is 0 Å². The number of piperidine rings is 1. The largest absolute Gasteiger partial charge is 0.300 e. The Morgan fingerprint density at radius 1 is 1.35 bits per heavy atom. The van der Waals surface area contributed by atoms with Crippen molar-refractivity contribution < 1.29 is 17.6 Å². The molecule has 6 heteroatoms. The maximum atomic E-state index is 13.8. The lowest BCUT2D eigenvalue weighted by Crippen LogP contribution is -2.44. The molecule has 2 rings (SSSR count). The fourth-order valence-corrected chi connectivity index (χ4v) is 4.37. The standard InChI is InChI=1S/C14H18FNO3S/c1-11(17)10-12-6-4-5-9-16(12)20(18,19)14-8-3-2-7-13(14)15/h2-3,7-8,12H,4-6,9-10H2,1H3. The molecule has 1 atom stereocenters. The van der Waals surface area contributed by atoms with E-state index in [1.165, 1.54) is 29.4 Å². The van der Waals surface area contributed by atoms with Crippen molar-refractivity contribution >= 4 is 15.8 Å². The Bertz CT molecular complexity index is 600. The monoisotopic (exact) mass is 299 g/mol. The molecule has 20 heavy (non-hydrogen) atoms. The lowest BCUT2D eigenvalue weighted by Gasteiger charge is -2.34. The normalized spacial score (nSPS) is 20.8. The molecule has 110 valence electrons. The van der Waals surface area contributed by atoms with Crippen LogP contribution in [0.4, 0.5) is 4.39 Å². The van der Waals surface area contributed by atoms with Gasteiger partial charge in [-0.15, -0.1) is 0 Å². The molecule has 1 unspecified atom stereocenters. The lowest BCUT2D eigenvalue weighted by molar-refractivity contribution is -0.118. The van der Waals surface area contributed by atoms with Crippen LogP contribution >= 0.6 is 0 Å². The summed E-state index contributed by atoms with van der Waals surface area (Å²) in [5.41, 5.74) is 0. The third-order valence-corrected chi connectivity index (χ3v) is 5.50. The molecule has 0 radical (unpaired) electrons. The molecule has 1 aliphatic rings. The van der Waals surface area contributed by atoms with Gasteiger partial charge in [0.1, 0.15) is 16.5 Å². The topological polar surface area (TPSA) is 54.5 Å². The number of Topliss-reactive ketones (excluding diaryl/α,β-unsaturated/α-hetero) is 1. The second-order valence-electron chi connectivity index (χ2n) is 5.10. The van der Waals surface area contributed by atoms with Gasteiger partial charge in [0, 0.05) is 19.0 Å². The number of benzene rings is 1. The third-order valence-electron chi connectivity index (χ3n) is 3.52. The predicted molar refractivity (Wildman–Crippen MR) is 73.2 cm³/mol. The molecule has 0 amide bonds. The first-order valence-electron chi connectivity index (χ1n) is 6.68. The van der Waals surface area contributed by atoms with Crippen LogP contribution in [0.3, 0.4) is 0 Å². The highest BCUT2D eigenvalue weighted by Crippen LogP contribution is 2.28. The minimum Gasteiger partial charge on any atom is -0.300 e. The van der Waals surface area contributed by atoms with E-state index in [1.54, 1.807) is 0 Å². The SMILES string of the molecule is CC(=O)CC1CCCCN1S(=O)(=O)c1ccccc1F. The Morgan fingerprint density at radius 3 is 2.70 bits per heavy atom. The quantitative estimate of drug-likeness (QED) is 0.857. The number of halogens is 1. The van der Waals surface area contributed by atoms with Gasteiger partial charge < -0.3 is 0 Å². The zero-order valence-electron chi connectivity index (χ0n) is 11.4. The Balaban J connectivity index is 2.36. The predicted octanol–water partition coefficient (Wildman–Crippen LogP) is 2.35. The molecule has 1 saturated heterocycles. The molecule has 0 spiro atoms. The van der Waals surface area contributed by atoms with Gasteiger partial charge in [-0.3, -0.25) is 4.79 Å². The van der Waals surface area contributed by atoms with Crippen LogP contribution in [0.2, 0.25) is 0 Å². The maximum Gasteiger partial charge on any atom is 0.246 e. The molecule has 0 aromatic heterocycles. The second-order valence-corrected chi connectivity index (χ2v) is 6.96. The molecule has 1 fully saturated rings. The van der Waals surface area contributed by atoms with Crippen molar-refractivity contribution in [1.29, 1.82) is 0 Å². The van der Waals surface area contributed by atoms with Crippen molar-refractivity contribution in [3.05, 3.63) is 30.1 Å². The molecule has 0 saturated carbocycles. The molecule has 0 aliphatic carbocycles. The second kappa shape index (κ2) is 6.01. The zero-order chi connectivity index (χ0) is 14.8. The fraction of sp³-hybridized carbons (Fsp3) is 0.500. The maximum absolute atomic E-state index is 13.8. The van der Waals surface area contributed by atoms with Gasteiger partial charge >= 0.3 is 0 Å². The van der Waals surface area contributed by atoms with Crippen LogP contribution < -0.4 is 0 Å². The van der Waals surface area contributed by atoms with Gasteiger partial charge in [-0.2, -0.15) is 4.31 Å². The number of carbonyl (C=O) groups excluding carboxylic acids is 1. The minimum absolute atomic E-state index is 0.0503. The van der Waals surface area contributed by atoms with Gasteiger partial charge in [-0.25, -0.2) is 12.8 Å². The Hall–Kier alpha value is -1.27. The van der Waals surface area contributed by atoms with Gasteiger partial charge in [-0.1, -0.05) is 18.6 Å². The van der Waals surface area contributed by atoms with Gasteiger partial charge in [0.25, 0.3) is 0 Å². The lowest BCUT2D eigenvalue weighted by atomic mass is 10.0. The average molecular weight is 299 g/mol. The number of sulfonamides is 1. The van der Waals surface area contributed by atoms with E-state index in [0.29, 0.717) is 13.0 Å². The van der Waals surface area contributed by atoms with Crippen molar-refractivity contribution in [1.82, 2.24) is 4.31 Å². The smallest absolute Gasteiger partial charge is 0.246 e. The molecular formula is C14H18FNO3S. The van der Waals surface area contributed by atoms with E-state index in [0.717, 1.165) is 18.9 Å². The summed E-state index contributed by atoms with van der Waals surface area (Å²) in [6, 6.07) is 5.00. The summed E-state index contributed by atoms with van der Waals surface area (Å²) in [4.78, 5) is 11.0. The number of ketones is 1. The van der Waals surface area contributed by atoms with E-state index in [1.807, 2.05) is 0 Å². The van der Waals surface area contributed by atoms with Gasteiger partial charge in [0.15, 0.2) is 0 Å². The number of hydrogen-bond acceptors (Lipinski definition) is 3. The van der Waals surface area contributed by atoms with Crippen LogP contribution in [0.25, 0.3) is 0 Å². The highest BCUT2D eigenvalue weighted by atomic mass is 32.2. The molecule has 4 nitrogen and oxygen atoms in total. The average Bonchev–Trinajstić information content (AvgIpc) is 2.38. The van der Waals surface area contributed by atoms with Crippen molar-refractivity contribution in [2.45, 2.75) is 43.5 Å². The first kappa shape index (κ1) is 15.1. The van der Waals surface area contributed by atoms with Gasteiger partial charge in [0.2, 0.25) is 10.0 Å². The Kier molecular flexibility index (Phi) is 4.55. The fourth-order valence-electron chi connectivity index (χ4n) is 2.61. The molecule has 1 heterocycles. The summed E-state index contributed by atoms with van der Waals surface area (Å²) in [7, 11) is -3.88. The number of rotatable bonds is 4. The van der Waals surface area contributed by atoms with Crippen LogP contribution in [0.5, 0.6) is 0 Å². The van der Waals surface area contributed by atoms with Crippen molar-refractivity contribution in [3.63, 3.8) is 0 Å². The van der Waals surface area contributed by atoms with Gasteiger partial charge in [0.05, 0.1) is 0 Å². The Labute approximate surface area is 118 Å². The van der Waals surface area contributed by atoms with Crippen LogP contribution in [0, 0.1) is 5.82 Å². The van der Waals surface area contributed by atoms with E-state index in [-0.39, 0.29) is 23.1 Å². The van der Waals surface area contributed by atoms with E-state index in [9.17, 15) is 17.6 Å². The molecule has 0 N–H and O–H groups in total. The summed E-state index contributed by atoms with van der Waals surface area (Å²) in [6.45, 7) is 1.79. The highest BCUT2D eigenvalue weighted by Gasteiger charge is 2.35. The van der Waals surface area contributed by atoms with Crippen LogP contribution in [-0.4, -0.2) is 31.1 Å². The molecular weight excluding hydrogens is 281 g/mol. The van der Waals surface area contributed by atoms with Crippen molar-refractivity contribution in [2.24, 2.45) is 0 Å². The third kappa shape index (κ3) is 3.07. The van der Waals surface area contributed by atoms with Crippen molar-refractivity contribution in [3.8, 4) is 0 Å². The summed E-state index contributed by atoms with van der Waals surface area (Å²) in [5, 5.41) is 0. The van der Waals surface area contributed by atoms with Crippen LogP contribution in [-0.2, 0) is 14.8 Å². The first-order chi connectivity index (χ1) is 9.43. The zero-order valence-corrected chi connectivity index (χ0v) is 12.2. The first-order valence-corrected chi connectivity index (χ1v) is 8.13. The summed E-state index contributed by atoms with van der Waals surface area (Å²) < 4.78 is 40.2. The van der Waals surface area contributed by atoms with Crippen LogP contribution in [0.1, 0.15) is 32.6 Å². The molecule has 0 bridgehead atoms. The molecule has 1 aromatic carbocycles. The summed E-state index contributed by atoms with van der Waals surface area (Å²) in [5.74, 6) is -0.801. The Morgan fingerprint density at radius 2 is 2.05 bits per heavy atom. The molecule has 1 aromatic rings. The van der Waals surface area contributed by atoms with Crippen molar-refractivity contribution in [2.75, 3.05) is 6.54 Å². The van der Waals surface area contributed by atoms with Gasteiger partial charge in [-0.05, 0) is 31.9 Å². The minimum atomic E-state index is -3.88. The highest BCUT2D eigenvalue weighted by molar-refractivity contribution is 7.89. The van der Waals surface area contributed by atoms with E-state index >= 15 is 0 Å². The number of nitrogens with zero attached hydrogens (tertiary/aromatic N) is 1. The van der Waals surface area contributed by atoms with E-state index in [4.69, 9.17) is 0 Å². The number of carbonyl (C=O) groups is 1. The summed E-state index contributed by atoms with van der Waals surface area (Å²) >= 11 is 0. The van der Waals surface area contributed by atoms with Crippen LogP contribution in [0.15, 0.2) is 29.2 Å². The summed E-state index contributed by atoms with van der Waals surface area (Å²) in [6.07, 6.45) is 2.46. The number of hydrogen-bond donors (Lipinski definition) is 0. The molecule has 1 aliphatic heterocycles.